The fourth-order valence-electron chi connectivity index (χ4n) is 5.43. The van der Waals surface area contributed by atoms with E-state index in [0.717, 1.165) is 16.3 Å². The highest BCUT2D eigenvalue weighted by Gasteiger charge is 2.57. The average Bonchev–Trinajstić information content (AvgIpc) is 3.34. The Morgan fingerprint density at radius 2 is 1.79 bits per heavy atom. The number of rotatable bonds is 15. The van der Waals surface area contributed by atoms with Gasteiger partial charge in [0.2, 0.25) is 0 Å². The van der Waals surface area contributed by atoms with E-state index in [1.807, 2.05) is 50.2 Å². The van der Waals surface area contributed by atoms with Crippen molar-refractivity contribution in [3.05, 3.63) is 42.0 Å². The van der Waals surface area contributed by atoms with E-state index < -0.39 is 41.4 Å². The second-order valence-corrected chi connectivity index (χ2v) is 10.7. The Labute approximate surface area is 229 Å². The number of carboxylic acids is 2. The van der Waals surface area contributed by atoms with Crippen LogP contribution < -0.4 is 15.8 Å². The van der Waals surface area contributed by atoms with Gasteiger partial charge in [0.1, 0.15) is 24.5 Å². The molecule has 2 aromatic carbocycles. The summed E-state index contributed by atoms with van der Waals surface area (Å²) < 4.78 is 5.92. The van der Waals surface area contributed by atoms with Gasteiger partial charge in [0.15, 0.2) is 11.3 Å². The van der Waals surface area contributed by atoms with Crippen molar-refractivity contribution in [1.29, 1.82) is 0 Å². The number of nitrogens with one attached hydrogen (secondary N) is 1. The van der Waals surface area contributed by atoms with Crippen LogP contribution in [0.4, 0.5) is 0 Å². The van der Waals surface area contributed by atoms with Crippen molar-refractivity contribution >= 4 is 28.5 Å². The van der Waals surface area contributed by atoms with Crippen LogP contribution >= 0.6 is 0 Å². The molecule has 4 atom stereocenters. The van der Waals surface area contributed by atoms with Crippen molar-refractivity contribution in [1.82, 2.24) is 10.2 Å². The van der Waals surface area contributed by atoms with Gasteiger partial charge in [-0.2, -0.15) is 0 Å². The van der Waals surface area contributed by atoms with E-state index in [-0.39, 0.29) is 32.0 Å². The predicted octanol–water partition coefficient (Wildman–Crippen LogP) is 2.19. The average molecular weight is 544 g/mol. The summed E-state index contributed by atoms with van der Waals surface area (Å²) in [5.41, 5.74) is 4.85. The highest BCUT2D eigenvalue weighted by Crippen LogP contribution is 2.35. The third-order valence-corrected chi connectivity index (χ3v) is 7.36. The van der Waals surface area contributed by atoms with Crippen LogP contribution in [0.2, 0.25) is 0 Å². The molecule has 39 heavy (non-hydrogen) atoms. The minimum atomic E-state index is -1.92. The molecule has 1 aliphatic rings. The molecule has 1 saturated heterocycles. The fraction of sp³-hybridized carbons (Fsp3) is 0.552. The minimum Gasteiger partial charge on any atom is -0.490 e. The van der Waals surface area contributed by atoms with Crippen LogP contribution in [0.15, 0.2) is 36.4 Å². The Kier molecular flexibility index (Phi) is 10.4. The van der Waals surface area contributed by atoms with Gasteiger partial charge in [0.05, 0.1) is 6.04 Å². The van der Waals surface area contributed by atoms with Gasteiger partial charge >= 0.3 is 11.9 Å². The topological polar surface area (TPSA) is 162 Å². The molecular weight excluding hydrogens is 502 g/mol. The molecule has 214 valence electrons. The Morgan fingerprint density at radius 1 is 1.10 bits per heavy atom. The number of benzene rings is 2. The monoisotopic (exact) mass is 543 g/mol. The van der Waals surface area contributed by atoms with Crippen LogP contribution in [0.5, 0.6) is 5.75 Å². The zero-order valence-electron chi connectivity index (χ0n) is 22.9. The van der Waals surface area contributed by atoms with Gasteiger partial charge in [-0.1, -0.05) is 44.2 Å². The maximum atomic E-state index is 12.9. The highest BCUT2D eigenvalue weighted by molar-refractivity contribution is 6.10. The quantitative estimate of drug-likeness (QED) is 0.211. The Hall–Kier alpha value is -3.05. The van der Waals surface area contributed by atoms with Gasteiger partial charge in [-0.3, -0.25) is 14.5 Å². The number of likely N-dealkylation sites (tertiary alicyclic amines) is 1. The van der Waals surface area contributed by atoms with Gasteiger partial charge < -0.3 is 31.1 Å². The first kappa shape index (κ1) is 30.5. The number of hydrogen-bond acceptors (Lipinski definition) is 8. The molecule has 1 heterocycles. The number of hydrogen-bond donors (Lipinski definition) is 5. The van der Waals surface area contributed by atoms with Crippen molar-refractivity contribution in [2.75, 3.05) is 19.7 Å². The van der Waals surface area contributed by atoms with Crippen LogP contribution in [0.3, 0.4) is 0 Å². The van der Waals surface area contributed by atoms with Gasteiger partial charge in [-0.25, -0.2) is 4.79 Å². The van der Waals surface area contributed by atoms with Crippen molar-refractivity contribution in [3.8, 4) is 5.75 Å². The molecule has 0 spiro atoms. The van der Waals surface area contributed by atoms with Crippen molar-refractivity contribution in [2.45, 2.75) is 82.6 Å². The van der Waals surface area contributed by atoms with Gasteiger partial charge in [0.25, 0.3) is 0 Å². The lowest BCUT2D eigenvalue weighted by Crippen LogP contribution is -2.64. The molecular formula is C29H41N3O7. The number of carbonyl (C=O) groups excluding carboxylic acids is 1. The lowest BCUT2D eigenvalue weighted by molar-refractivity contribution is -0.161. The summed E-state index contributed by atoms with van der Waals surface area (Å²) in [4.78, 5) is 38.8. The summed E-state index contributed by atoms with van der Waals surface area (Å²) in [6, 6.07) is 9.65. The maximum Gasteiger partial charge on any atom is 0.332 e. The number of ether oxygens (including phenoxy) is 1. The normalized spacial score (nSPS) is 20.2. The summed E-state index contributed by atoms with van der Waals surface area (Å²) in [7, 11) is 0. The van der Waals surface area contributed by atoms with E-state index in [0.29, 0.717) is 31.6 Å². The summed E-state index contributed by atoms with van der Waals surface area (Å²) in [6.07, 6.45) is 0.999. The van der Waals surface area contributed by atoms with Gasteiger partial charge in [-0.15, -0.1) is 0 Å². The molecule has 10 heteroatoms. The molecule has 1 fully saturated rings. The number of carbonyl (C=O) groups is 3. The number of aryl methyl sites for hydroxylation is 1. The summed E-state index contributed by atoms with van der Waals surface area (Å²) in [5, 5.41) is 35.3. The van der Waals surface area contributed by atoms with E-state index in [1.165, 1.54) is 11.8 Å². The van der Waals surface area contributed by atoms with Crippen LogP contribution in [-0.2, 0) is 20.8 Å². The number of fused-ring (bicyclic) bond motifs is 1. The molecule has 1 aliphatic heterocycles. The number of ketones is 1. The molecule has 0 aliphatic carbocycles. The van der Waals surface area contributed by atoms with Crippen LogP contribution in [0.1, 0.15) is 52.0 Å². The maximum absolute atomic E-state index is 12.9. The number of aliphatic hydroxyl groups is 1. The smallest absolute Gasteiger partial charge is 0.332 e. The first-order valence-corrected chi connectivity index (χ1v) is 13.6. The third kappa shape index (κ3) is 6.94. The van der Waals surface area contributed by atoms with Gasteiger partial charge in [-0.05, 0) is 56.0 Å². The standard InChI is InChI=1S/C29H41N3O7/c1-18(2)31-16-21(33)17-39-25-13-12-20(22-9-4-5-10-23(22)25)8-6-11-24(27(35)36)32-15-7-14-29(32,28(37)38)26(34)19(3)30/h4-5,9-10,12-13,18-19,21,24,31,33H,6-8,11,14-17,30H2,1-3H3,(H,35,36)(H,37,38). The van der Waals surface area contributed by atoms with E-state index in [4.69, 9.17) is 10.5 Å². The van der Waals surface area contributed by atoms with E-state index in [9.17, 15) is 29.7 Å². The van der Waals surface area contributed by atoms with Gasteiger partial charge in [0, 0.05) is 24.5 Å². The van der Waals surface area contributed by atoms with Crippen molar-refractivity contribution < 1.29 is 34.4 Å². The summed E-state index contributed by atoms with van der Waals surface area (Å²) in [5.74, 6) is -2.51. The van der Waals surface area contributed by atoms with E-state index in [2.05, 4.69) is 5.32 Å². The number of nitrogens with zero attached hydrogens (tertiary/aromatic N) is 1. The Morgan fingerprint density at radius 3 is 2.41 bits per heavy atom. The lowest BCUT2D eigenvalue weighted by Gasteiger charge is -2.38. The Bertz CT molecular complexity index is 1170. The molecule has 10 nitrogen and oxygen atoms in total. The largest absolute Gasteiger partial charge is 0.490 e. The molecule has 6 N–H and O–H groups in total. The number of nitrogens with two attached hydrogens (primary N) is 1. The number of aliphatic hydroxyl groups excluding tert-OH is 1. The Balaban J connectivity index is 1.74. The SMILES string of the molecule is CC(C)NCC(O)COc1ccc(CCCC(C(=O)O)N2CCCC2(C(=O)O)C(=O)C(C)N)c2ccccc12. The first-order chi connectivity index (χ1) is 18.5. The molecule has 2 aromatic rings. The van der Waals surface area contributed by atoms with Crippen LogP contribution in [-0.4, -0.2) is 87.4 Å². The number of Topliss-reactive ketones (excluding diaryl/α,β-unsaturated/α-hetero) is 1. The number of aliphatic carboxylic acids is 2. The third-order valence-electron chi connectivity index (χ3n) is 7.36. The summed E-state index contributed by atoms with van der Waals surface area (Å²) >= 11 is 0. The number of carboxylic acid groups (broad SMARTS) is 2. The second-order valence-electron chi connectivity index (χ2n) is 10.7. The van der Waals surface area contributed by atoms with Crippen LogP contribution in [0, 0.1) is 0 Å². The highest BCUT2D eigenvalue weighted by atomic mass is 16.5. The first-order valence-electron chi connectivity index (χ1n) is 13.6. The molecule has 0 radical (unpaired) electrons. The van der Waals surface area contributed by atoms with E-state index in [1.54, 1.807) is 0 Å². The second kappa shape index (κ2) is 13.3. The fourth-order valence-corrected chi connectivity index (χ4v) is 5.43. The molecule has 0 aromatic heterocycles. The van der Waals surface area contributed by atoms with Crippen molar-refractivity contribution in [3.63, 3.8) is 0 Å². The molecule has 0 saturated carbocycles. The van der Waals surface area contributed by atoms with Crippen LogP contribution in [0.25, 0.3) is 10.8 Å². The zero-order valence-corrected chi connectivity index (χ0v) is 22.9. The van der Waals surface area contributed by atoms with Crippen molar-refractivity contribution in [2.24, 2.45) is 5.73 Å². The molecule has 0 amide bonds. The molecule has 0 bridgehead atoms. The minimum absolute atomic E-state index is 0.0425. The van der Waals surface area contributed by atoms with E-state index >= 15 is 0 Å². The zero-order chi connectivity index (χ0) is 28.7. The lowest BCUT2D eigenvalue weighted by atomic mass is 9.85. The predicted molar refractivity (Wildman–Crippen MR) is 148 cm³/mol. The molecule has 4 unspecified atom stereocenters. The summed E-state index contributed by atoms with van der Waals surface area (Å²) in [6.45, 7) is 6.22. The molecule has 3 rings (SSSR count).